The Kier molecular flexibility index (Phi) is 4.57. The lowest BCUT2D eigenvalue weighted by molar-refractivity contribution is 0.219. The van der Waals surface area contributed by atoms with E-state index in [2.05, 4.69) is 15.4 Å². The largest absolute Gasteiger partial charge is 0.265 e. The van der Waals surface area contributed by atoms with Gasteiger partial charge in [-0.2, -0.15) is 0 Å². The van der Waals surface area contributed by atoms with E-state index in [0.29, 0.717) is 26.9 Å². The number of aromatic nitrogens is 3. The molecule has 3 aromatic rings. The number of aromatic amines is 1. The van der Waals surface area contributed by atoms with Crippen LogP contribution in [0.4, 0.5) is 4.39 Å². The molecule has 1 aromatic heterocycles. The van der Waals surface area contributed by atoms with Crippen molar-refractivity contribution in [2.75, 3.05) is 0 Å². The molecule has 7 heteroatoms. The van der Waals surface area contributed by atoms with Crippen molar-refractivity contribution in [3.05, 3.63) is 80.6 Å². The van der Waals surface area contributed by atoms with Gasteiger partial charge in [-0.05, 0) is 29.8 Å². The molecule has 1 heterocycles. The highest BCUT2D eigenvalue weighted by Gasteiger charge is 2.37. The molecule has 0 bridgehead atoms. The third-order valence-electron chi connectivity index (χ3n) is 3.55. The number of hydrogen-bond acceptors (Lipinski definition) is 2. The highest BCUT2D eigenvalue weighted by atomic mass is 35.5. The van der Waals surface area contributed by atoms with Crippen molar-refractivity contribution in [2.24, 2.45) is 0 Å². The van der Waals surface area contributed by atoms with Gasteiger partial charge in [-0.25, -0.2) is 4.39 Å². The number of hydrogen-bond donors (Lipinski definition) is 1. The highest BCUT2D eigenvalue weighted by molar-refractivity contribution is 6.35. The summed E-state index contributed by atoms with van der Waals surface area (Å²) in [4.78, 5) is 0. The van der Waals surface area contributed by atoms with E-state index in [9.17, 15) is 0 Å². The van der Waals surface area contributed by atoms with Gasteiger partial charge < -0.3 is 0 Å². The summed E-state index contributed by atoms with van der Waals surface area (Å²) >= 11 is 18.1. The van der Waals surface area contributed by atoms with Crippen molar-refractivity contribution < 1.29 is 4.39 Å². The molecule has 0 saturated heterocycles. The average molecular weight is 371 g/mol. The lowest BCUT2D eigenvalue weighted by Crippen LogP contribution is -2.25. The summed E-state index contributed by atoms with van der Waals surface area (Å²) < 4.78 is 16.1. The Morgan fingerprint density at radius 2 is 1.70 bits per heavy atom. The summed E-state index contributed by atoms with van der Waals surface area (Å²) in [7, 11) is 0. The first-order valence-electron chi connectivity index (χ1n) is 6.75. The minimum Gasteiger partial charge on any atom is -0.265 e. The maximum absolute atomic E-state index is 16.1. The lowest BCUT2D eigenvalue weighted by atomic mass is 9.84. The normalized spacial score (nSPS) is 13.7. The van der Waals surface area contributed by atoms with E-state index >= 15 is 4.39 Å². The Hall–Kier alpha value is -1.62. The second-order valence-electron chi connectivity index (χ2n) is 5.07. The maximum Gasteiger partial charge on any atom is 0.168 e. The van der Waals surface area contributed by atoms with Gasteiger partial charge >= 0.3 is 0 Å². The van der Waals surface area contributed by atoms with Crippen molar-refractivity contribution in [2.45, 2.75) is 12.1 Å². The molecule has 0 saturated carbocycles. The fraction of sp³-hybridized carbons (Fsp3) is 0.125. The fourth-order valence-corrected chi connectivity index (χ4v) is 3.12. The minimum absolute atomic E-state index is 0.0213. The van der Waals surface area contributed by atoms with E-state index < -0.39 is 5.67 Å². The molecule has 23 heavy (non-hydrogen) atoms. The van der Waals surface area contributed by atoms with Crippen LogP contribution in [0.25, 0.3) is 0 Å². The number of rotatable bonds is 4. The Labute approximate surface area is 147 Å². The van der Waals surface area contributed by atoms with Gasteiger partial charge in [-0.3, -0.25) is 5.10 Å². The monoisotopic (exact) mass is 369 g/mol. The molecule has 0 aliphatic heterocycles. The minimum atomic E-state index is -1.89. The summed E-state index contributed by atoms with van der Waals surface area (Å²) in [6, 6.07) is 11.2. The van der Waals surface area contributed by atoms with Gasteiger partial charge in [0.05, 0.1) is 5.69 Å². The van der Waals surface area contributed by atoms with Crippen molar-refractivity contribution in [1.82, 2.24) is 15.4 Å². The molecule has 1 unspecified atom stereocenters. The summed E-state index contributed by atoms with van der Waals surface area (Å²) in [5.74, 6) is 0. The van der Waals surface area contributed by atoms with E-state index in [4.69, 9.17) is 34.8 Å². The highest BCUT2D eigenvalue weighted by Crippen LogP contribution is 2.41. The molecule has 0 aliphatic carbocycles. The van der Waals surface area contributed by atoms with E-state index in [1.54, 1.807) is 42.6 Å². The fourth-order valence-electron chi connectivity index (χ4n) is 2.44. The van der Waals surface area contributed by atoms with Crippen LogP contribution >= 0.6 is 34.8 Å². The zero-order chi connectivity index (χ0) is 16.4. The van der Waals surface area contributed by atoms with Crippen molar-refractivity contribution in [3.63, 3.8) is 0 Å². The number of H-pyrrole nitrogens is 1. The molecule has 3 rings (SSSR count). The van der Waals surface area contributed by atoms with Gasteiger partial charge in [0, 0.05) is 33.2 Å². The first-order chi connectivity index (χ1) is 11.0. The van der Waals surface area contributed by atoms with Crippen LogP contribution in [-0.2, 0) is 12.1 Å². The summed E-state index contributed by atoms with van der Waals surface area (Å²) in [5.41, 5.74) is -0.667. The van der Waals surface area contributed by atoms with Crippen molar-refractivity contribution in [3.8, 4) is 0 Å². The molecule has 1 N–H and O–H groups in total. The van der Waals surface area contributed by atoms with Gasteiger partial charge in [0.15, 0.2) is 5.67 Å². The standard InChI is InChI=1S/C16H11Cl3FN3/c17-11-3-1-10(2-4-11)16(20,8-13-9-21-23-22-13)14-6-5-12(18)7-15(14)19/h1-7,9H,8H2,(H,21,22,23). The number of benzene rings is 2. The number of nitrogens with one attached hydrogen (secondary N) is 1. The zero-order valence-electron chi connectivity index (χ0n) is 11.7. The van der Waals surface area contributed by atoms with Gasteiger partial charge in [0.25, 0.3) is 0 Å². The van der Waals surface area contributed by atoms with Crippen molar-refractivity contribution in [1.29, 1.82) is 0 Å². The Morgan fingerprint density at radius 1 is 1.00 bits per heavy atom. The topological polar surface area (TPSA) is 41.6 Å². The molecule has 0 aliphatic rings. The second kappa shape index (κ2) is 6.48. The predicted molar refractivity (Wildman–Crippen MR) is 89.9 cm³/mol. The molecule has 1 atom stereocenters. The van der Waals surface area contributed by atoms with Gasteiger partial charge in [-0.15, -0.1) is 5.10 Å². The Morgan fingerprint density at radius 3 is 2.30 bits per heavy atom. The van der Waals surface area contributed by atoms with Crippen molar-refractivity contribution >= 4 is 34.8 Å². The molecule has 0 radical (unpaired) electrons. The second-order valence-corrected chi connectivity index (χ2v) is 6.35. The van der Waals surface area contributed by atoms with E-state index in [-0.39, 0.29) is 11.4 Å². The first kappa shape index (κ1) is 16.2. The molecule has 0 spiro atoms. The molecule has 2 aromatic carbocycles. The summed E-state index contributed by atoms with van der Waals surface area (Å²) in [5, 5.41) is 11.3. The van der Waals surface area contributed by atoms with Crippen LogP contribution in [0.2, 0.25) is 15.1 Å². The van der Waals surface area contributed by atoms with Gasteiger partial charge in [0.2, 0.25) is 0 Å². The average Bonchev–Trinajstić information content (AvgIpc) is 3.00. The molecule has 0 fully saturated rings. The number of halogens is 4. The molecule has 0 amide bonds. The smallest absolute Gasteiger partial charge is 0.168 e. The third-order valence-corrected chi connectivity index (χ3v) is 4.35. The molecule has 3 nitrogen and oxygen atoms in total. The number of nitrogens with zero attached hydrogens (tertiary/aromatic N) is 2. The summed E-state index contributed by atoms with van der Waals surface area (Å²) in [6.07, 6.45) is 1.53. The third kappa shape index (κ3) is 3.34. The van der Waals surface area contributed by atoms with Crippen LogP contribution in [-0.4, -0.2) is 15.4 Å². The Balaban J connectivity index is 2.14. The SMILES string of the molecule is FC(Cc1c[nH]nn1)(c1ccc(Cl)cc1)c1ccc(Cl)cc1Cl. The van der Waals surface area contributed by atoms with Crippen LogP contribution in [0.15, 0.2) is 48.7 Å². The lowest BCUT2D eigenvalue weighted by Gasteiger charge is -2.27. The molecular weight excluding hydrogens is 360 g/mol. The zero-order valence-corrected chi connectivity index (χ0v) is 14.0. The summed E-state index contributed by atoms with van der Waals surface area (Å²) in [6.45, 7) is 0. The van der Waals surface area contributed by atoms with Crippen LogP contribution in [0.5, 0.6) is 0 Å². The first-order valence-corrected chi connectivity index (χ1v) is 7.88. The van der Waals surface area contributed by atoms with Crippen LogP contribution in [0.1, 0.15) is 16.8 Å². The van der Waals surface area contributed by atoms with Crippen LogP contribution in [0.3, 0.4) is 0 Å². The van der Waals surface area contributed by atoms with E-state index in [1.165, 1.54) is 6.07 Å². The Bertz CT molecular complexity index is 806. The number of alkyl halides is 1. The van der Waals surface area contributed by atoms with Crippen LogP contribution in [0, 0.1) is 0 Å². The van der Waals surface area contributed by atoms with Gasteiger partial charge in [0.1, 0.15) is 0 Å². The maximum atomic E-state index is 16.1. The van der Waals surface area contributed by atoms with Gasteiger partial charge in [-0.1, -0.05) is 58.2 Å². The van der Waals surface area contributed by atoms with E-state index in [1.807, 2.05) is 0 Å². The quantitative estimate of drug-likeness (QED) is 0.684. The van der Waals surface area contributed by atoms with Crippen LogP contribution < -0.4 is 0 Å². The predicted octanol–water partition coefficient (Wildman–Crippen LogP) is 5.22. The molecule has 118 valence electrons. The van der Waals surface area contributed by atoms with E-state index in [0.717, 1.165) is 0 Å². The molecular formula is C16H11Cl3FN3.